The minimum Gasteiger partial charge on any atom is -0.435 e. The number of para-hydroxylation sites is 1. The number of nitrogens with zero attached hydrogens (tertiary/aromatic N) is 2. The summed E-state index contributed by atoms with van der Waals surface area (Å²) in [6.07, 6.45) is -4.45. The van der Waals surface area contributed by atoms with Gasteiger partial charge in [0, 0.05) is 29.9 Å². The largest absolute Gasteiger partial charge is 0.435 e. The van der Waals surface area contributed by atoms with Gasteiger partial charge < -0.3 is 20.4 Å². The maximum Gasteiger partial charge on any atom is 0.416 e. The Kier molecular flexibility index (Phi) is 6.12. The summed E-state index contributed by atoms with van der Waals surface area (Å²) >= 11 is 0. The number of benzene rings is 2. The van der Waals surface area contributed by atoms with Crippen LogP contribution in [0.4, 0.5) is 18.9 Å². The van der Waals surface area contributed by atoms with E-state index in [4.69, 9.17) is 10.2 Å². The number of carbonyl (C=O) groups is 1. The van der Waals surface area contributed by atoms with Crippen LogP contribution in [0.2, 0.25) is 0 Å². The summed E-state index contributed by atoms with van der Waals surface area (Å²) in [4.78, 5) is 18.9. The number of amides is 1. The number of hydrogen-bond donors (Lipinski definition) is 2. The fourth-order valence-corrected chi connectivity index (χ4v) is 2.76. The molecule has 1 aromatic heterocycles. The maximum absolute atomic E-state index is 12.8. The third-order valence-corrected chi connectivity index (χ3v) is 4.35. The fourth-order valence-electron chi connectivity index (χ4n) is 2.76. The van der Waals surface area contributed by atoms with Crippen molar-refractivity contribution in [3.63, 3.8) is 0 Å². The van der Waals surface area contributed by atoms with Crippen LogP contribution in [0.15, 0.2) is 52.9 Å². The van der Waals surface area contributed by atoms with Crippen molar-refractivity contribution in [1.82, 2.24) is 15.2 Å². The second kappa shape index (κ2) is 8.58. The number of oxazole rings is 1. The van der Waals surface area contributed by atoms with Crippen molar-refractivity contribution >= 4 is 11.6 Å². The van der Waals surface area contributed by atoms with Gasteiger partial charge in [0.2, 0.25) is 5.89 Å². The summed E-state index contributed by atoms with van der Waals surface area (Å²) in [7, 11) is 3.75. The zero-order chi connectivity index (χ0) is 21.9. The maximum atomic E-state index is 12.8. The van der Waals surface area contributed by atoms with Crippen molar-refractivity contribution in [2.24, 2.45) is 0 Å². The van der Waals surface area contributed by atoms with Gasteiger partial charge in [0.1, 0.15) is 0 Å². The van der Waals surface area contributed by atoms with Crippen molar-refractivity contribution in [2.75, 3.05) is 32.9 Å². The predicted octanol–water partition coefficient (Wildman–Crippen LogP) is 3.90. The summed E-state index contributed by atoms with van der Waals surface area (Å²) in [5, 5.41) is 2.76. The van der Waals surface area contributed by atoms with Crippen molar-refractivity contribution in [2.45, 2.75) is 6.18 Å². The molecule has 158 valence electrons. The third kappa shape index (κ3) is 4.80. The molecule has 0 spiro atoms. The standard InChI is InChI=1S/C21H21F3N4O2/c1-28(2)12-11-26-19(29)17-18(15-5-3-4-6-16(15)25)30-20(27-17)13-7-9-14(10-8-13)21(22,23)24/h3-10H,11-12,25H2,1-2H3,(H,26,29). The molecule has 2 aromatic carbocycles. The van der Waals surface area contributed by atoms with Crippen molar-refractivity contribution in [3.05, 3.63) is 59.8 Å². The molecule has 0 saturated heterocycles. The van der Waals surface area contributed by atoms with Crippen molar-refractivity contribution < 1.29 is 22.4 Å². The first-order chi connectivity index (χ1) is 14.2. The molecule has 1 amide bonds. The van der Waals surface area contributed by atoms with Crippen LogP contribution < -0.4 is 11.1 Å². The lowest BCUT2D eigenvalue weighted by molar-refractivity contribution is -0.137. The van der Waals surface area contributed by atoms with Crippen LogP contribution >= 0.6 is 0 Å². The number of nitrogen functional groups attached to an aromatic ring is 1. The van der Waals surface area contributed by atoms with E-state index in [1.54, 1.807) is 24.3 Å². The second-order valence-corrected chi connectivity index (χ2v) is 6.92. The van der Waals surface area contributed by atoms with E-state index < -0.39 is 17.6 Å². The summed E-state index contributed by atoms with van der Waals surface area (Å²) in [6.45, 7) is 1.01. The van der Waals surface area contributed by atoms with E-state index in [1.165, 1.54) is 12.1 Å². The van der Waals surface area contributed by atoms with Gasteiger partial charge in [-0.2, -0.15) is 13.2 Å². The van der Waals surface area contributed by atoms with Crippen LogP contribution in [0.25, 0.3) is 22.8 Å². The SMILES string of the molecule is CN(C)CCNC(=O)c1nc(-c2ccc(C(F)(F)F)cc2)oc1-c1ccccc1N. The molecule has 3 rings (SSSR count). The first kappa shape index (κ1) is 21.4. The smallest absolute Gasteiger partial charge is 0.416 e. The molecular formula is C21H21F3N4O2. The highest BCUT2D eigenvalue weighted by molar-refractivity contribution is 5.99. The molecule has 9 heteroatoms. The Morgan fingerprint density at radius 1 is 1.13 bits per heavy atom. The van der Waals surface area contributed by atoms with E-state index in [9.17, 15) is 18.0 Å². The molecule has 0 unspecified atom stereocenters. The number of alkyl halides is 3. The molecule has 0 aliphatic heterocycles. The molecule has 1 heterocycles. The van der Waals surface area contributed by atoms with Gasteiger partial charge in [0.15, 0.2) is 11.5 Å². The molecule has 3 N–H and O–H groups in total. The van der Waals surface area contributed by atoms with Crippen molar-refractivity contribution in [1.29, 1.82) is 0 Å². The average molecular weight is 418 g/mol. The Morgan fingerprint density at radius 3 is 2.40 bits per heavy atom. The van der Waals surface area contributed by atoms with Crippen LogP contribution in [0.3, 0.4) is 0 Å². The number of anilines is 1. The lowest BCUT2D eigenvalue weighted by atomic mass is 10.1. The van der Waals surface area contributed by atoms with Crippen molar-refractivity contribution in [3.8, 4) is 22.8 Å². The normalized spacial score (nSPS) is 11.7. The highest BCUT2D eigenvalue weighted by atomic mass is 19.4. The zero-order valence-electron chi connectivity index (χ0n) is 16.5. The van der Waals surface area contributed by atoms with E-state index in [1.807, 2.05) is 19.0 Å². The zero-order valence-corrected chi connectivity index (χ0v) is 16.5. The molecule has 0 fully saturated rings. The molecule has 0 radical (unpaired) electrons. The minimum absolute atomic E-state index is 0.0153. The molecule has 0 bridgehead atoms. The topological polar surface area (TPSA) is 84.4 Å². The van der Waals surface area contributed by atoms with E-state index in [-0.39, 0.29) is 17.3 Å². The molecule has 6 nitrogen and oxygen atoms in total. The summed E-state index contributed by atoms with van der Waals surface area (Å²) in [5.41, 5.74) is 6.42. The van der Waals surface area contributed by atoms with Gasteiger partial charge in [-0.3, -0.25) is 4.79 Å². The number of halogens is 3. The lowest BCUT2D eigenvalue weighted by Gasteiger charge is -2.10. The van der Waals surface area contributed by atoms with Crippen LogP contribution in [0.1, 0.15) is 16.1 Å². The summed E-state index contributed by atoms with van der Waals surface area (Å²) < 4.78 is 44.3. The van der Waals surface area contributed by atoms with E-state index >= 15 is 0 Å². The average Bonchev–Trinajstić information content (AvgIpc) is 3.13. The van der Waals surface area contributed by atoms with Crippen LogP contribution in [0, 0.1) is 0 Å². The summed E-state index contributed by atoms with van der Waals surface area (Å²) in [6, 6.07) is 11.2. The molecule has 0 atom stereocenters. The van der Waals surface area contributed by atoms with Gasteiger partial charge in [0.25, 0.3) is 5.91 Å². The van der Waals surface area contributed by atoms with Crippen LogP contribution in [-0.2, 0) is 6.18 Å². The van der Waals surface area contributed by atoms with Crippen LogP contribution in [0.5, 0.6) is 0 Å². The van der Waals surface area contributed by atoms with E-state index in [2.05, 4.69) is 10.3 Å². The molecule has 30 heavy (non-hydrogen) atoms. The first-order valence-corrected chi connectivity index (χ1v) is 9.13. The van der Waals surface area contributed by atoms with Gasteiger partial charge in [-0.25, -0.2) is 4.98 Å². The number of nitrogens with two attached hydrogens (primary N) is 1. The van der Waals surface area contributed by atoms with Gasteiger partial charge in [-0.05, 0) is 50.5 Å². The molecule has 0 saturated carbocycles. The molecule has 3 aromatic rings. The predicted molar refractivity (Wildman–Crippen MR) is 108 cm³/mol. The number of hydrogen-bond acceptors (Lipinski definition) is 5. The van der Waals surface area contributed by atoms with E-state index in [0.717, 1.165) is 12.1 Å². The lowest BCUT2D eigenvalue weighted by Crippen LogP contribution is -2.31. The molecule has 0 aliphatic carbocycles. The van der Waals surface area contributed by atoms with Crippen LogP contribution in [-0.4, -0.2) is 43.0 Å². The number of nitrogens with one attached hydrogen (secondary N) is 1. The Bertz CT molecular complexity index is 1030. The monoisotopic (exact) mass is 418 g/mol. The number of likely N-dealkylation sites (N-methyl/N-ethyl adjacent to an activating group) is 1. The third-order valence-electron chi connectivity index (χ3n) is 4.35. The minimum atomic E-state index is -4.45. The highest BCUT2D eigenvalue weighted by Gasteiger charge is 2.30. The number of rotatable bonds is 6. The second-order valence-electron chi connectivity index (χ2n) is 6.92. The Hall–Kier alpha value is -3.33. The Morgan fingerprint density at radius 2 is 1.80 bits per heavy atom. The highest BCUT2D eigenvalue weighted by Crippen LogP contribution is 2.35. The fraction of sp³-hybridized carbons (Fsp3) is 0.238. The Labute approximate surface area is 171 Å². The molecular weight excluding hydrogens is 397 g/mol. The first-order valence-electron chi connectivity index (χ1n) is 9.13. The Balaban J connectivity index is 2.00. The number of aromatic nitrogens is 1. The number of carbonyl (C=O) groups excluding carboxylic acids is 1. The van der Waals surface area contributed by atoms with E-state index in [0.29, 0.717) is 29.9 Å². The van der Waals surface area contributed by atoms with Gasteiger partial charge in [0.05, 0.1) is 5.56 Å². The summed E-state index contributed by atoms with van der Waals surface area (Å²) in [5.74, 6) is -0.276. The molecule has 0 aliphatic rings. The quantitative estimate of drug-likeness (QED) is 0.593. The van der Waals surface area contributed by atoms with Gasteiger partial charge in [-0.1, -0.05) is 12.1 Å². The van der Waals surface area contributed by atoms with Gasteiger partial charge >= 0.3 is 6.18 Å². The van der Waals surface area contributed by atoms with Gasteiger partial charge in [-0.15, -0.1) is 0 Å².